The van der Waals surface area contributed by atoms with Gasteiger partial charge in [-0.15, -0.1) is 0 Å². The van der Waals surface area contributed by atoms with Crippen LogP contribution in [0.5, 0.6) is 0 Å². The summed E-state index contributed by atoms with van der Waals surface area (Å²) in [5.41, 5.74) is 1.82. The molecule has 1 aliphatic rings. The molecule has 1 aromatic carbocycles. The van der Waals surface area contributed by atoms with E-state index >= 15 is 0 Å². The highest BCUT2D eigenvalue weighted by Gasteiger charge is 2.33. The largest absolute Gasteiger partial charge is 0.374 e. The predicted molar refractivity (Wildman–Crippen MR) is 63.7 cm³/mol. The summed E-state index contributed by atoms with van der Waals surface area (Å²) in [6.45, 7) is 4.02. The van der Waals surface area contributed by atoms with Crippen LogP contribution in [0.3, 0.4) is 0 Å². The number of hydrogen-bond donors (Lipinski definition) is 1. The van der Waals surface area contributed by atoms with Gasteiger partial charge in [0.1, 0.15) is 5.69 Å². The van der Waals surface area contributed by atoms with Crippen molar-refractivity contribution in [3.8, 4) is 0 Å². The standard InChI is InChI=1S/C12H16N2O2/c1-9-5-3-6-10(14(15)16)11(9)13-12(2)7-4-8-12/h3,5-6,13H,4,7-8H2,1-2H3. The minimum Gasteiger partial charge on any atom is -0.374 e. The Bertz CT molecular complexity index is 425. The molecule has 1 N–H and O–H groups in total. The summed E-state index contributed by atoms with van der Waals surface area (Å²) in [5.74, 6) is 0. The van der Waals surface area contributed by atoms with Crippen LogP contribution in [-0.4, -0.2) is 10.5 Å². The van der Waals surface area contributed by atoms with Crippen LogP contribution >= 0.6 is 0 Å². The third kappa shape index (κ3) is 1.87. The van der Waals surface area contributed by atoms with E-state index in [1.165, 1.54) is 6.42 Å². The van der Waals surface area contributed by atoms with Gasteiger partial charge in [-0.3, -0.25) is 10.1 Å². The molecule has 2 rings (SSSR count). The zero-order valence-corrected chi connectivity index (χ0v) is 9.62. The predicted octanol–water partition coefficient (Wildman–Crippen LogP) is 3.26. The smallest absolute Gasteiger partial charge is 0.292 e. The maximum absolute atomic E-state index is 10.9. The maximum Gasteiger partial charge on any atom is 0.292 e. The Morgan fingerprint density at radius 3 is 2.62 bits per heavy atom. The van der Waals surface area contributed by atoms with E-state index in [9.17, 15) is 10.1 Å². The van der Waals surface area contributed by atoms with Gasteiger partial charge in [0.2, 0.25) is 0 Å². The number of nitrogens with zero attached hydrogens (tertiary/aromatic N) is 1. The summed E-state index contributed by atoms with van der Waals surface area (Å²) >= 11 is 0. The van der Waals surface area contributed by atoms with Crippen LogP contribution in [-0.2, 0) is 0 Å². The SMILES string of the molecule is Cc1cccc([N+](=O)[O-])c1NC1(C)CCC1. The van der Waals surface area contributed by atoms with E-state index in [1.807, 2.05) is 13.0 Å². The van der Waals surface area contributed by atoms with Gasteiger partial charge in [0.05, 0.1) is 4.92 Å². The molecule has 1 saturated carbocycles. The van der Waals surface area contributed by atoms with Gasteiger partial charge in [-0.1, -0.05) is 12.1 Å². The molecule has 0 amide bonds. The van der Waals surface area contributed by atoms with E-state index in [-0.39, 0.29) is 16.1 Å². The van der Waals surface area contributed by atoms with Crippen molar-refractivity contribution in [1.29, 1.82) is 0 Å². The Morgan fingerprint density at radius 1 is 1.44 bits per heavy atom. The molecule has 0 aliphatic heterocycles. The molecule has 0 bridgehead atoms. The lowest BCUT2D eigenvalue weighted by Gasteiger charge is -2.40. The van der Waals surface area contributed by atoms with Crippen molar-refractivity contribution in [2.75, 3.05) is 5.32 Å². The Balaban J connectivity index is 2.34. The highest BCUT2D eigenvalue weighted by atomic mass is 16.6. The summed E-state index contributed by atoms with van der Waals surface area (Å²) in [6.07, 6.45) is 3.36. The summed E-state index contributed by atoms with van der Waals surface area (Å²) in [6, 6.07) is 5.18. The fraction of sp³-hybridized carbons (Fsp3) is 0.500. The Labute approximate surface area is 94.8 Å². The third-order valence-electron chi connectivity index (χ3n) is 3.33. The molecule has 1 fully saturated rings. The maximum atomic E-state index is 10.9. The number of nitro groups is 1. The summed E-state index contributed by atoms with van der Waals surface area (Å²) in [5, 5.41) is 14.3. The van der Waals surface area contributed by atoms with Crippen molar-refractivity contribution in [3.05, 3.63) is 33.9 Å². The monoisotopic (exact) mass is 220 g/mol. The first-order valence-corrected chi connectivity index (χ1v) is 5.54. The van der Waals surface area contributed by atoms with Gasteiger partial charge >= 0.3 is 0 Å². The average molecular weight is 220 g/mol. The normalized spacial score (nSPS) is 17.6. The molecule has 4 nitrogen and oxygen atoms in total. The fourth-order valence-electron chi connectivity index (χ4n) is 2.10. The summed E-state index contributed by atoms with van der Waals surface area (Å²) in [7, 11) is 0. The topological polar surface area (TPSA) is 55.2 Å². The highest BCUT2D eigenvalue weighted by molar-refractivity contribution is 5.67. The van der Waals surface area contributed by atoms with E-state index in [0.29, 0.717) is 5.69 Å². The number of hydrogen-bond acceptors (Lipinski definition) is 3. The molecule has 0 saturated heterocycles. The van der Waals surface area contributed by atoms with Crippen LogP contribution < -0.4 is 5.32 Å². The van der Waals surface area contributed by atoms with E-state index in [2.05, 4.69) is 12.2 Å². The zero-order valence-electron chi connectivity index (χ0n) is 9.62. The van der Waals surface area contributed by atoms with Crippen LogP contribution in [0.1, 0.15) is 31.7 Å². The Hall–Kier alpha value is -1.58. The number of nitrogens with one attached hydrogen (secondary N) is 1. The minimum atomic E-state index is -0.322. The molecule has 0 aromatic heterocycles. The van der Waals surface area contributed by atoms with E-state index in [1.54, 1.807) is 12.1 Å². The van der Waals surface area contributed by atoms with Crippen molar-refractivity contribution >= 4 is 11.4 Å². The molecule has 1 aromatic rings. The lowest BCUT2D eigenvalue weighted by atomic mass is 9.78. The molecule has 0 unspecified atom stereocenters. The number of anilines is 1. The third-order valence-corrected chi connectivity index (χ3v) is 3.33. The van der Waals surface area contributed by atoms with E-state index < -0.39 is 0 Å². The molecule has 86 valence electrons. The lowest BCUT2D eigenvalue weighted by molar-refractivity contribution is -0.384. The molecule has 0 atom stereocenters. The molecular formula is C12H16N2O2. The van der Waals surface area contributed by atoms with Gasteiger partial charge < -0.3 is 5.32 Å². The van der Waals surface area contributed by atoms with Crippen molar-refractivity contribution < 1.29 is 4.92 Å². The summed E-state index contributed by atoms with van der Waals surface area (Å²) < 4.78 is 0. The van der Waals surface area contributed by atoms with E-state index in [4.69, 9.17) is 0 Å². The summed E-state index contributed by atoms with van der Waals surface area (Å²) in [4.78, 5) is 10.6. The van der Waals surface area contributed by atoms with Gasteiger partial charge in [-0.2, -0.15) is 0 Å². The van der Waals surface area contributed by atoms with Crippen molar-refractivity contribution in [2.24, 2.45) is 0 Å². The number of para-hydroxylation sites is 1. The molecular weight excluding hydrogens is 204 g/mol. The van der Waals surface area contributed by atoms with Crippen molar-refractivity contribution in [3.63, 3.8) is 0 Å². The molecule has 4 heteroatoms. The number of rotatable bonds is 3. The lowest BCUT2D eigenvalue weighted by Crippen LogP contribution is -2.42. The first-order chi connectivity index (χ1) is 7.52. The second-order valence-corrected chi connectivity index (χ2v) is 4.77. The zero-order chi connectivity index (χ0) is 11.8. The van der Waals surface area contributed by atoms with E-state index in [0.717, 1.165) is 18.4 Å². The van der Waals surface area contributed by atoms with Crippen molar-refractivity contribution in [1.82, 2.24) is 0 Å². The van der Waals surface area contributed by atoms with Crippen molar-refractivity contribution in [2.45, 2.75) is 38.6 Å². The first kappa shape index (κ1) is 10.9. The molecule has 1 aliphatic carbocycles. The van der Waals surface area contributed by atoms with Crippen LogP contribution in [0.4, 0.5) is 11.4 Å². The Morgan fingerprint density at radius 2 is 2.12 bits per heavy atom. The van der Waals surface area contributed by atoms with Gasteiger partial charge in [-0.25, -0.2) is 0 Å². The molecule has 0 spiro atoms. The second-order valence-electron chi connectivity index (χ2n) is 4.77. The minimum absolute atomic E-state index is 0.0386. The first-order valence-electron chi connectivity index (χ1n) is 5.54. The fourth-order valence-corrected chi connectivity index (χ4v) is 2.10. The van der Waals surface area contributed by atoms with Crippen LogP contribution in [0, 0.1) is 17.0 Å². The van der Waals surface area contributed by atoms with Gasteiger partial charge in [0.25, 0.3) is 5.69 Å². The quantitative estimate of drug-likeness (QED) is 0.628. The molecule has 0 radical (unpaired) electrons. The molecule has 0 heterocycles. The van der Waals surface area contributed by atoms with Crippen LogP contribution in [0.15, 0.2) is 18.2 Å². The second kappa shape index (κ2) is 3.77. The molecule has 16 heavy (non-hydrogen) atoms. The number of nitro benzene ring substituents is 1. The van der Waals surface area contributed by atoms with Crippen LogP contribution in [0.2, 0.25) is 0 Å². The Kier molecular flexibility index (Phi) is 2.58. The average Bonchev–Trinajstić information content (AvgIpc) is 2.18. The van der Waals surface area contributed by atoms with Gasteiger partial charge in [-0.05, 0) is 38.7 Å². The number of aryl methyl sites for hydroxylation is 1. The highest BCUT2D eigenvalue weighted by Crippen LogP contribution is 2.38. The van der Waals surface area contributed by atoms with Gasteiger partial charge in [0.15, 0.2) is 0 Å². The van der Waals surface area contributed by atoms with Gasteiger partial charge in [0, 0.05) is 11.6 Å². The number of benzene rings is 1. The van der Waals surface area contributed by atoms with Crippen LogP contribution in [0.25, 0.3) is 0 Å².